The number of imidazole rings is 1. The van der Waals surface area contributed by atoms with Crippen molar-refractivity contribution in [3.05, 3.63) is 48.5 Å². The normalized spacial score (nSPS) is 15.4. The van der Waals surface area contributed by atoms with E-state index in [1.165, 1.54) is 7.11 Å². The number of likely N-dealkylation sites (tertiary alicyclic amines) is 1. The van der Waals surface area contributed by atoms with E-state index in [0.29, 0.717) is 31.6 Å². The van der Waals surface area contributed by atoms with Gasteiger partial charge in [-0.25, -0.2) is 4.98 Å². The van der Waals surface area contributed by atoms with Gasteiger partial charge in [0.1, 0.15) is 5.69 Å². The molecule has 1 fully saturated rings. The Morgan fingerprint density at radius 1 is 1.17 bits per heavy atom. The fraction of sp³-hybridized carbons (Fsp3) is 0.353. The predicted molar refractivity (Wildman–Crippen MR) is 84.2 cm³/mol. The van der Waals surface area contributed by atoms with Crippen LogP contribution in [0.25, 0.3) is 5.69 Å². The lowest BCUT2D eigenvalue weighted by molar-refractivity contribution is -0.146. The van der Waals surface area contributed by atoms with Crippen molar-refractivity contribution < 1.29 is 14.3 Å². The van der Waals surface area contributed by atoms with Gasteiger partial charge < -0.3 is 9.64 Å². The van der Waals surface area contributed by atoms with Crippen molar-refractivity contribution in [1.29, 1.82) is 0 Å². The molecular formula is C17H19N3O3. The lowest BCUT2D eigenvalue weighted by Gasteiger charge is -2.30. The van der Waals surface area contributed by atoms with Crippen LogP contribution < -0.4 is 0 Å². The highest BCUT2D eigenvalue weighted by Crippen LogP contribution is 2.21. The maximum Gasteiger partial charge on any atom is 0.308 e. The van der Waals surface area contributed by atoms with Crippen molar-refractivity contribution in [3.63, 3.8) is 0 Å². The van der Waals surface area contributed by atoms with Crippen molar-refractivity contribution in [2.45, 2.75) is 12.8 Å². The van der Waals surface area contributed by atoms with Gasteiger partial charge in [0, 0.05) is 18.8 Å². The SMILES string of the molecule is COC(=O)C1CCN(C(=O)c2cncn2-c2ccccc2)CC1. The molecule has 120 valence electrons. The van der Waals surface area contributed by atoms with E-state index in [0.717, 1.165) is 5.69 Å². The van der Waals surface area contributed by atoms with Crippen LogP contribution in [0, 0.1) is 5.92 Å². The summed E-state index contributed by atoms with van der Waals surface area (Å²) in [5.74, 6) is -0.357. The molecule has 0 saturated carbocycles. The number of carbonyl (C=O) groups is 2. The van der Waals surface area contributed by atoms with Gasteiger partial charge in [-0.3, -0.25) is 14.2 Å². The Balaban J connectivity index is 1.73. The fourth-order valence-electron chi connectivity index (χ4n) is 2.89. The quantitative estimate of drug-likeness (QED) is 0.812. The molecular weight excluding hydrogens is 294 g/mol. The van der Waals surface area contributed by atoms with Crippen LogP contribution in [0.1, 0.15) is 23.3 Å². The van der Waals surface area contributed by atoms with Gasteiger partial charge in [-0.05, 0) is 25.0 Å². The first-order valence-electron chi connectivity index (χ1n) is 7.65. The first-order chi connectivity index (χ1) is 11.2. The predicted octanol–water partition coefficient (Wildman–Crippen LogP) is 1.90. The molecule has 0 N–H and O–H groups in total. The number of para-hydroxylation sites is 1. The minimum atomic E-state index is -0.188. The first kappa shape index (κ1) is 15.3. The Bertz CT molecular complexity index is 688. The Morgan fingerprint density at radius 3 is 2.52 bits per heavy atom. The number of carbonyl (C=O) groups excluding carboxylic acids is 2. The minimum absolute atomic E-state index is 0.0605. The number of piperidine rings is 1. The third-order valence-electron chi connectivity index (χ3n) is 4.21. The van der Waals surface area contributed by atoms with E-state index in [1.54, 1.807) is 22.0 Å². The lowest BCUT2D eigenvalue weighted by Crippen LogP contribution is -2.41. The van der Waals surface area contributed by atoms with Crippen molar-refractivity contribution in [2.24, 2.45) is 5.92 Å². The van der Waals surface area contributed by atoms with E-state index in [9.17, 15) is 9.59 Å². The molecule has 1 aliphatic rings. The van der Waals surface area contributed by atoms with Gasteiger partial charge in [0.15, 0.2) is 0 Å². The molecule has 2 aromatic rings. The maximum atomic E-state index is 12.7. The van der Waals surface area contributed by atoms with Gasteiger partial charge in [0.25, 0.3) is 5.91 Å². The highest BCUT2D eigenvalue weighted by atomic mass is 16.5. The Labute approximate surface area is 134 Å². The topological polar surface area (TPSA) is 64.4 Å². The van der Waals surface area contributed by atoms with E-state index in [1.807, 2.05) is 30.3 Å². The second kappa shape index (κ2) is 6.64. The number of amides is 1. The molecule has 0 aliphatic carbocycles. The lowest BCUT2D eigenvalue weighted by atomic mass is 9.97. The average molecular weight is 313 g/mol. The Kier molecular flexibility index (Phi) is 4.41. The van der Waals surface area contributed by atoms with Gasteiger partial charge in [0.05, 0.1) is 25.6 Å². The number of esters is 1. The van der Waals surface area contributed by atoms with Crippen molar-refractivity contribution >= 4 is 11.9 Å². The fourth-order valence-corrected chi connectivity index (χ4v) is 2.89. The van der Waals surface area contributed by atoms with Crippen LogP contribution in [0.3, 0.4) is 0 Å². The highest BCUT2D eigenvalue weighted by Gasteiger charge is 2.29. The minimum Gasteiger partial charge on any atom is -0.469 e. The van der Waals surface area contributed by atoms with Crippen LogP contribution in [0.15, 0.2) is 42.9 Å². The highest BCUT2D eigenvalue weighted by molar-refractivity contribution is 5.93. The molecule has 1 amide bonds. The summed E-state index contributed by atoms with van der Waals surface area (Å²) in [4.78, 5) is 30.2. The summed E-state index contributed by atoms with van der Waals surface area (Å²) in [5.41, 5.74) is 1.44. The van der Waals surface area contributed by atoms with Crippen molar-refractivity contribution in [2.75, 3.05) is 20.2 Å². The summed E-state index contributed by atoms with van der Waals surface area (Å²) < 4.78 is 6.56. The molecule has 0 radical (unpaired) electrons. The molecule has 3 rings (SSSR count). The third kappa shape index (κ3) is 3.11. The largest absolute Gasteiger partial charge is 0.469 e. The number of hydrogen-bond donors (Lipinski definition) is 0. The molecule has 1 aliphatic heterocycles. The molecule has 1 aromatic carbocycles. The van der Waals surface area contributed by atoms with E-state index < -0.39 is 0 Å². The number of ether oxygens (including phenoxy) is 1. The number of nitrogens with zero attached hydrogens (tertiary/aromatic N) is 3. The number of rotatable bonds is 3. The second-order valence-electron chi connectivity index (χ2n) is 5.57. The summed E-state index contributed by atoms with van der Waals surface area (Å²) in [7, 11) is 1.40. The summed E-state index contributed by atoms with van der Waals surface area (Å²) in [6.45, 7) is 1.11. The number of benzene rings is 1. The average Bonchev–Trinajstić information content (AvgIpc) is 3.11. The van der Waals surface area contributed by atoms with Crippen LogP contribution in [-0.2, 0) is 9.53 Å². The van der Waals surface area contributed by atoms with Crippen molar-refractivity contribution in [1.82, 2.24) is 14.5 Å². The molecule has 1 aromatic heterocycles. The monoisotopic (exact) mass is 313 g/mol. The maximum absolute atomic E-state index is 12.7. The Morgan fingerprint density at radius 2 is 1.87 bits per heavy atom. The zero-order valence-electron chi connectivity index (χ0n) is 13.0. The molecule has 6 heteroatoms. The van der Waals surface area contributed by atoms with Crippen LogP contribution >= 0.6 is 0 Å². The molecule has 0 atom stereocenters. The standard InChI is InChI=1S/C17H19N3O3/c1-23-17(22)13-7-9-19(10-8-13)16(21)15-11-18-12-20(15)14-5-3-2-4-6-14/h2-6,11-13H,7-10H2,1H3. The number of aromatic nitrogens is 2. The summed E-state index contributed by atoms with van der Waals surface area (Å²) in [6, 6.07) is 9.64. The summed E-state index contributed by atoms with van der Waals surface area (Å²) in [5, 5.41) is 0. The van der Waals surface area contributed by atoms with E-state index >= 15 is 0 Å². The van der Waals surface area contributed by atoms with Crippen LogP contribution in [0.5, 0.6) is 0 Å². The summed E-state index contributed by atoms with van der Waals surface area (Å²) in [6.07, 6.45) is 4.50. The zero-order chi connectivity index (χ0) is 16.2. The molecule has 2 heterocycles. The molecule has 0 bridgehead atoms. The van der Waals surface area contributed by atoms with Crippen LogP contribution in [0.2, 0.25) is 0 Å². The van der Waals surface area contributed by atoms with Crippen LogP contribution in [-0.4, -0.2) is 46.5 Å². The van der Waals surface area contributed by atoms with Gasteiger partial charge in [-0.2, -0.15) is 0 Å². The number of methoxy groups -OCH3 is 1. The van der Waals surface area contributed by atoms with Crippen molar-refractivity contribution in [3.8, 4) is 5.69 Å². The second-order valence-corrected chi connectivity index (χ2v) is 5.57. The molecule has 0 spiro atoms. The van der Waals surface area contributed by atoms with Gasteiger partial charge in [0.2, 0.25) is 0 Å². The molecule has 6 nitrogen and oxygen atoms in total. The van der Waals surface area contributed by atoms with E-state index in [2.05, 4.69) is 4.98 Å². The molecule has 0 unspecified atom stereocenters. The van der Waals surface area contributed by atoms with Gasteiger partial charge >= 0.3 is 5.97 Å². The van der Waals surface area contributed by atoms with Gasteiger partial charge in [-0.1, -0.05) is 18.2 Å². The zero-order valence-corrected chi connectivity index (χ0v) is 13.0. The molecule has 1 saturated heterocycles. The summed E-state index contributed by atoms with van der Waals surface area (Å²) >= 11 is 0. The van der Waals surface area contributed by atoms with E-state index in [4.69, 9.17) is 4.74 Å². The Hall–Kier alpha value is -2.63. The molecule has 23 heavy (non-hydrogen) atoms. The number of hydrogen-bond acceptors (Lipinski definition) is 4. The van der Waals surface area contributed by atoms with Gasteiger partial charge in [-0.15, -0.1) is 0 Å². The van der Waals surface area contributed by atoms with E-state index in [-0.39, 0.29) is 17.8 Å². The first-order valence-corrected chi connectivity index (χ1v) is 7.65. The third-order valence-corrected chi connectivity index (χ3v) is 4.21. The van der Waals surface area contributed by atoms with Crippen LogP contribution in [0.4, 0.5) is 0 Å². The smallest absolute Gasteiger partial charge is 0.308 e.